The fourth-order valence-corrected chi connectivity index (χ4v) is 4.06. The van der Waals surface area contributed by atoms with Gasteiger partial charge in [0.05, 0.1) is 4.47 Å². The third kappa shape index (κ3) is 8.18. The van der Waals surface area contributed by atoms with Gasteiger partial charge < -0.3 is 15.0 Å². The van der Waals surface area contributed by atoms with Gasteiger partial charge in [0, 0.05) is 12.6 Å². The zero-order chi connectivity index (χ0) is 24.4. The maximum atomic E-state index is 13.3. The predicted molar refractivity (Wildman–Crippen MR) is 138 cm³/mol. The molecule has 2 aromatic rings. The first-order valence-electron chi connectivity index (χ1n) is 11.8. The summed E-state index contributed by atoms with van der Waals surface area (Å²) in [4.78, 5) is 27.9. The Balaban J connectivity index is 2.16. The van der Waals surface area contributed by atoms with E-state index >= 15 is 0 Å². The summed E-state index contributed by atoms with van der Waals surface area (Å²) in [6.07, 6.45) is 2.05. The van der Waals surface area contributed by atoms with Gasteiger partial charge in [0.15, 0.2) is 6.61 Å². The SMILES string of the molecule is CC[C@H](C)NC(=O)[C@H](CC)N(CCc1ccccc1)C(=O)COc1ccc(C(C)C)cc1Br. The minimum atomic E-state index is -0.537. The topological polar surface area (TPSA) is 58.6 Å². The van der Waals surface area contributed by atoms with Gasteiger partial charge in [-0.2, -0.15) is 0 Å². The van der Waals surface area contributed by atoms with Crippen LogP contribution in [0.4, 0.5) is 0 Å². The molecule has 180 valence electrons. The second-order valence-electron chi connectivity index (χ2n) is 8.70. The fraction of sp³-hybridized carbons (Fsp3) is 0.481. The first kappa shape index (κ1) is 26.9. The molecule has 0 aliphatic heterocycles. The van der Waals surface area contributed by atoms with Crippen molar-refractivity contribution in [2.24, 2.45) is 0 Å². The Kier molecular flexibility index (Phi) is 10.9. The molecular weight excluding hydrogens is 480 g/mol. The van der Waals surface area contributed by atoms with E-state index in [0.717, 1.165) is 16.5 Å². The number of amides is 2. The van der Waals surface area contributed by atoms with E-state index in [1.165, 1.54) is 5.56 Å². The Labute approximate surface area is 207 Å². The molecule has 2 rings (SSSR count). The molecule has 6 heteroatoms. The minimum absolute atomic E-state index is 0.0595. The van der Waals surface area contributed by atoms with Crippen LogP contribution in [0.15, 0.2) is 53.0 Å². The predicted octanol–water partition coefficient (Wildman–Crippen LogP) is 5.72. The normalized spacial score (nSPS) is 12.8. The average Bonchev–Trinajstić information content (AvgIpc) is 2.80. The summed E-state index contributed by atoms with van der Waals surface area (Å²) in [5.74, 6) is 0.709. The molecular formula is C27H37BrN2O3. The molecule has 0 radical (unpaired) electrons. The summed E-state index contributed by atoms with van der Waals surface area (Å²) in [7, 11) is 0. The van der Waals surface area contributed by atoms with Gasteiger partial charge in [0.1, 0.15) is 11.8 Å². The Morgan fingerprint density at radius 2 is 1.73 bits per heavy atom. The van der Waals surface area contributed by atoms with Crippen LogP contribution < -0.4 is 10.1 Å². The molecule has 2 atom stereocenters. The van der Waals surface area contributed by atoms with Crippen molar-refractivity contribution in [2.75, 3.05) is 13.2 Å². The van der Waals surface area contributed by atoms with E-state index in [1.54, 1.807) is 4.90 Å². The third-order valence-electron chi connectivity index (χ3n) is 5.84. The van der Waals surface area contributed by atoms with Crippen molar-refractivity contribution in [3.8, 4) is 5.75 Å². The number of ether oxygens (including phenoxy) is 1. The third-order valence-corrected chi connectivity index (χ3v) is 6.46. The lowest BCUT2D eigenvalue weighted by Gasteiger charge is -2.31. The molecule has 0 bridgehead atoms. The Hall–Kier alpha value is -2.34. The number of hydrogen-bond acceptors (Lipinski definition) is 3. The summed E-state index contributed by atoms with van der Waals surface area (Å²) in [6.45, 7) is 10.5. The van der Waals surface area contributed by atoms with E-state index in [9.17, 15) is 9.59 Å². The Morgan fingerprint density at radius 3 is 2.30 bits per heavy atom. The quantitative estimate of drug-likeness (QED) is 0.392. The van der Waals surface area contributed by atoms with Crippen LogP contribution in [0, 0.1) is 0 Å². The Morgan fingerprint density at radius 1 is 1.03 bits per heavy atom. The summed E-state index contributed by atoms with van der Waals surface area (Å²) in [5.41, 5.74) is 2.32. The van der Waals surface area contributed by atoms with Crippen LogP contribution in [-0.2, 0) is 16.0 Å². The summed E-state index contributed by atoms with van der Waals surface area (Å²) < 4.78 is 6.69. The second-order valence-corrected chi connectivity index (χ2v) is 9.55. The molecule has 0 saturated carbocycles. The van der Waals surface area contributed by atoms with E-state index in [-0.39, 0.29) is 24.5 Å². The lowest BCUT2D eigenvalue weighted by atomic mass is 10.0. The zero-order valence-corrected chi connectivity index (χ0v) is 22.0. The lowest BCUT2D eigenvalue weighted by Crippen LogP contribution is -2.52. The number of rotatable bonds is 12. The van der Waals surface area contributed by atoms with Crippen molar-refractivity contribution >= 4 is 27.7 Å². The van der Waals surface area contributed by atoms with E-state index in [2.05, 4.69) is 35.1 Å². The lowest BCUT2D eigenvalue weighted by molar-refractivity contribution is -0.142. The van der Waals surface area contributed by atoms with Crippen LogP contribution in [0.1, 0.15) is 64.5 Å². The van der Waals surface area contributed by atoms with E-state index in [1.807, 2.05) is 69.3 Å². The van der Waals surface area contributed by atoms with Gasteiger partial charge in [-0.1, -0.05) is 64.1 Å². The molecule has 33 heavy (non-hydrogen) atoms. The van der Waals surface area contributed by atoms with Gasteiger partial charge >= 0.3 is 0 Å². The molecule has 0 aliphatic carbocycles. The van der Waals surface area contributed by atoms with Gasteiger partial charge in [-0.3, -0.25) is 9.59 Å². The molecule has 1 N–H and O–H groups in total. The fourth-order valence-electron chi connectivity index (χ4n) is 3.55. The summed E-state index contributed by atoms with van der Waals surface area (Å²) in [5, 5.41) is 3.03. The molecule has 2 aromatic carbocycles. The largest absolute Gasteiger partial charge is 0.483 e. The highest BCUT2D eigenvalue weighted by molar-refractivity contribution is 9.10. The van der Waals surface area contributed by atoms with Crippen LogP contribution in [-0.4, -0.2) is 41.9 Å². The van der Waals surface area contributed by atoms with Crippen LogP contribution in [0.5, 0.6) is 5.75 Å². The highest BCUT2D eigenvalue weighted by Crippen LogP contribution is 2.29. The molecule has 0 aromatic heterocycles. The maximum Gasteiger partial charge on any atom is 0.261 e. The van der Waals surface area contributed by atoms with Gasteiger partial charge in [-0.25, -0.2) is 0 Å². The van der Waals surface area contributed by atoms with Crippen LogP contribution in [0.2, 0.25) is 0 Å². The van der Waals surface area contributed by atoms with Crippen LogP contribution in [0.25, 0.3) is 0 Å². The number of benzene rings is 2. The van der Waals surface area contributed by atoms with Crippen LogP contribution >= 0.6 is 15.9 Å². The Bertz CT molecular complexity index is 901. The number of carbonyl (C=O) groups is 2. The number of halogens is 1. The van der Waals surface area contributed by atoms with E-state index in [0.29, 0.717) is 31.1 Å². The van der Waals surface area contributed by atoms with E-state index < -0.39 is 6.04 Å². The maximum absolute atomic E-state index is 13.3. The van der Waals surface area contributed by atoms with Crippen molar-refractivity contribution in [1.82, 2.24) is 10.2 Å². The van der Waals surface area contributed by atoms with Gasteiger partial charge in [0.25, 0.3) is 5.91 Å². The van der Waals surface area contributed by atoms with Gasteiger partial charge in [0.2, 0.25) is 5.91 Å². The van der Waals surface area contributed by atoms with Crippen molar-refractivity contribution in [3.63, 3.8) is 0 Å². The molecule has 0 aliphatic rings. The number of nitrogens with one attached hydrogen (secondary N) is 1. The highest BCUT2D eigenvalue weighted by atomic mass is 79.9. The monoisotopic (exact) mass is 516 g/mol. The van der Waals surface area contributed by atoms with Gasteiger partial charge in [-0.15, -0.1) is 0 Å². The average molecular weight is 518 g/mol. The first-order valence-corrected chi connectivity index (χ1v) is 12.6. The summed E-state index contributed by atoms with van der Waals surface area (Å²) >= 11 is 3.55. The smallest absolute Gasteiger partial charge is 0.261 e. The molecule has 0 unspecified atom stereocenters. The molecule has 0 saturated heterocycles. The van der Waals surface area contributed by atoms with Crippen molar-refractivity contribution in [2.45, 2.75) is 71.9 Å². The molecule has 0 heterocycles. The molecule has 0 fully saturated rings. The second kappa shape index (κ2) is 13.4. The first-order chi connectivity index (χ1) is 15.8. The number of carbonyl (C=O) groups excluding carboxylic acids is 2. The van der Waals surface area contributed by atoms with Crippen molar-refractivity contribution in [1.29, 1.82) is 0 Å². The highest BCUT2D eigenvalue weighted by Gasteiger charge is 2.29. The standard InChI is InChI=1S/C27H37BrN2O3/c1-6-20(5)29-27(32)24(7-2)30(16-15-21-11-9-8-10-12-21)26(31)18-33-25-14-13-22(19(3)4)17-23(25)28/h8-14,17,19-20,24H,6-7,15-16,18H2,1-5H3,(H,29,32)/t20-,24-/m0/s1. The number of nitrogens with zero attached hydrogens (tertiary/aromatic N) is 1. The molecule has 2 amide bonds. The zero-order valence-electron chi connectivity index (χ0n) is 20.4. The molecule has 0 spiro atoms. The van der Waals surface area contributed by atoms with Crippen molar-refractivity contribution in [3.05, 3.63) is 64.1 Å². The molecule has 5 nitrogen and oxygen atoms in total. The van der Waals surface area contributed by atoms with Crippen molar-refractivity contribution < 1.29 is 14.3 Å². The van der Waals surface area contributed by atoms with Crippen LogP contribution in [0.3, 0.4) is 0 Å². The number of hydrogen-bond donors (Lipinski definition) is 1. The summed E-state index contributed by atoms with van der Waals surface area (Å²) in [6, 6.07) is 15.4. The minimum Gasteiger partial charge on any atom is -0.483 e. The van der Waals surface area contributed by atoms with E-state index in [4.69, 9.17) is 4.74 Å². The van der Waals surface area contributed by atoms with Gasteiger partial charge in [-0.05, 0) is 71.3 Å².